The molecular formula is C11H21NO. The molecule has 13 heavy (non-hydrogen) atoms. The van der Waals surface area contributed by atoms with E-state index in [2.05, 4.69) is 12.2 Å². The third kappa shape index (κ3) is 1.89. The fourth-order valence-corrected chi connectivity index (χ4v) is 2.44. The number of fused-ring (bicyclic) bond motifs is 1. The van der Waals surface area contributed by atoms with Crippen LogP contribution in [-0.2, 0) is 0 Å². The minimum atomic E-state index is -0.590. The van der Waals surface area contributed by atoms with Crippen molar-refractivity contribution in [2.24, 2.45) is 11.8 Å². The Morgan fingerprint density at radius 1 is 1.38 bits per heavy atom. The first-order valence-electron chi connectivity index (χ1n) is 5.47. The Morgan fingerprint density at radius 3 is 2.46 bits per heavy atom. The maximum atomic E-state index is 9.78. The molecule has 0 aromatic heterocycles. The molecule has 0 radical (unpaired) electrons. The summed E-state index contributed by atoms with van der Waals surface area (Å²) in [7, 11) is 0. The number of hydrogen-bond acceptors (Lipinski definition) is 2. The third-order valence-corrected chi connectivity index (χ3v) is 3.87. The molecule has 2 saturated carbocycles. The molecule has 0 aliphatic heterocycles. The van der Waals surface area contributed by atoms with Crippen molar-refractivity contribution in [3.8, 4) is 0 Å². The Balaban J connectivity index is 1.84. The zero-order valence-corrected chi connectivity index (χ0v) is 8.88. The van der Waals surface area contributed by atoms with Crippen LogP contribution in [0, 0.1) is 11.8 Å². The lowest BCUT2D eigenvalue weighted by Gasteiger charge is -2.30. The minimum Gasteiger partial charge on any atom is -0.389 e. The molecule has 2 aliphatic carbocycles. The van der Waals surface area contributed by atoms with Gasteiger partial charge >= 0.3 is 0 Å². The summed E-state index contributed by atoms with van der Waals surface area (Å²) in [6, 6.07) is 0.892. The predicted molar refractivity (Wildman–Crippen MR) is 53.5 cm³/mol. The molecule has 0 spiro atoms. The van der Waals surface area contributed by atoms with E-state index in [0.717, 1.165) is 11.8 Å². The summed E-state index contributed by atoms with van der Waals surface area (Å²) >= 11 is 0. The zero-order chi connectivity index (χ0) is 9.64. The Bertz CT molecular complexity index is 197. The highest BCUT2D eigenvalue weighted by Crippen LogP contribution is 2.51. The van der Waals surface area contributed by atoms with Gasteiger partial charge in [0, 0.05) is 12.1 Å². The summed E-state index contributed by atoms with van der Waals surface area (Å²) in [5.74, 6) is 1.95. The van der Waals surface area contributed by atoms with Crippen molar-refractivity contribution in [2.75, 3.05) is 0 Å². The van der Waals surface area contributed by atoms with E-state index in [4.69, 9.17) is 0 Å². The second kappa shape index (κ2) is 2.96. The van der Waals surface area contributed by atoms with Crippen LogP contribution in [0.3, 0.4) is 0 Å². The summed E-state index contributed by atoms with van der Waals surface area (Å²) < 4.78 is 0. The molecular weight excluding hydrogens is 162 g/mol. The summed E-state index contributed by atoms with van der Waals surface area (Å²) in [4.78, 5) is 0. The van der Waals surface area contributed by atoms with Crippen molar-refractivity contribution < 1.29 is 5.11 Å². The molecule has 2 rings (SSSR count). The van der Waals surface area contributed by atoms with E-state index >= 15 is 0 Å². The van der Waals surface area contributed by atoms with E-state index in [1.165, 1.54) is 19.3 Å². The lowest BCUT2D eigenvalue weighted by Crippen LogP contribution is -2.49. The SMILES string of the molecule is CC(NC1CCC2CC21)C(C)(C)O. The van der Waals surface area contributed by atoms with Crippen LogP contribution < -0.4 is 5.32 Å². The molecule has 2 fully saturated rings. The van der Waals surface area contributed by atoms with Crippen LogP contribution in [0.2, 0.25) is 0 Å². The Kier molecular flexibility index (Phi) is 2.16. The second-order valence-electron chi connectivity index (χ2n) is 5.39. The van der Waals surface area contributed by atoms with Gasteiger partial charge in [-0.15, -0.1) is 0 Å². The minimum absolute atomic E-state index is 0.205. The van der Waals surface area contributed by atoms with Gasteiger partial charge in [0.2, 0.25) is 0 Å². The number of hydrogen-bond donors (Lipinski definition) is 2. The van der Waals surface area contributed by atoms with E-state index in [-0.39, 0.29) is 6.04 Å². The first-order chi connectivity index (χ1) is 5.98. The molecule has 0 saturated heterocycles. The standard InChI is InChI=1S/C11H21NO/c1-7(11(2,3)13)12-10-5-4-8-6-9(8)10/h7-10,12-13H,4-6H2,1-3H3. The third-order valence-electron chi connectivity index (χ3n) is 3.87. The molecule has 0 amide bonds. The molecule has 0 aromatic rings. The largest absolute Gasteiger partial charge is 0.389 e. The van der Waals surface area contributed by atoms with Gasteiger partial charge in [0.15, 0.2) is 0 Å². The van der Waals surface area contributed by atoms with Crippen LogP contribution in [0.1, 0.15) is 40.0 Å². The Hall–Kier alpha value is -0.0800. The number of rotatable bonds is 3. The lowest BCUT2D eigenvalue weighted by molar-refractivity contribution is 0.0390. The van der Waals surface area contributed by atoms with E-state index in [9.17, 15) is 5.11 Å². The van der Waals surface area contributed by atoms with Crippen molar-refractivity contribution in [3.05, 3.63) is 0 Å². The summed E-state index contributed by atoms with van der Waals surface area (Å²) in [6.07, 6.45) is 4.15. The normalized spacial score (nSPS) is 40.2. The van der Waals surface area contributed by atoms with Gasteiger partial charge in [-0.2, -0.15) is 0 Å². The molecule has 4 atom stereocenters. The van der Waals surface area contributed by atoms with Gasteiger partial charge in [-0.25, -0.2) is 0 Å². The van der Waals surface area contributed by atoms with Crippen LogP contribution in [-0.4, -0.2) is 22.8 Å². The van der Waals surface area contributed by atoms with Crippen LogP contribution >= 0.6 is 0 Å². The number of aliphatic hydroxyl groups is 1. The second-order valence-corrected chi connectivity index (χ2v) is 5.39. The van der Waals surface area contributed by atoms with E-state index in [0.29, 0.717) is 6.04 Å². The molecule has 0 bridgehead atoms. The Morgan fingerprint density at radius 2 is 2.08 bits per heavy atom. The quantitative estimate of drug-likeness (QED) is 0.695. The predicted octanol–water partition coefficient (Wildman–Crippen LogP) is 1.53. The highest BCUT2D eigenvalue weighted by molar-refractivity contribution is 5.02. The van der Waals surface area contributed by atoms with E-state index < -0.39 is 5.60 Å². The summed E-state index contributed by atoms with van der Waals surface area (Å²) in [5, 5.41) is 13.3. The lowest BCUT2D eigenvalue weighted by atomic mass is 9.99. The smallest absolute Gasteiger partial charge is 0.0741 e. The molecule has 2 nitrogen and oxygen atoms in total. The van der Waals surface area contributed by atoms with Gasteiger partial charge in [0.05, 0.1) is 5.60 Å². The average Bonchev–Trinajstić information content (AvgIpc) is 2.68. The van der Waals surface area contributed by atoms with Crippen LogP contribution in [0.5, 0.6) is 0 Å². The summed E-state index contributed by atoms with van der Waals surface area (Å²) in [6.45, 7) is 5.84. The fourth-order valence-electron chi connectivity index (χ4n) is 2.44. The van der Waals surface area contributed by atoms with Gasteiger partial charge in [-0.05, 0) is 51.9 Å². The fraction of sp³-hybridized carbons (Fsp3) is 1.00. The van der Waals surface area contributed by atoms with Crippen LogP contribution in [0.25, 0.3) is 0 Å². The van der Waals surface area contributed by atoms with Gasteiger partial charge in [0.25, 0.3) is 0 Å². The van der Waals surface area contributed by atoms with Crippen LogP contribution in [0.15, 0.2) is 0 Å². The van der Waals surface area contributed by atoms with Crippen LogP contribution in [0.4, 0.5) is 0 Å². The van der Waals surface area contributed by atoms with Crippen molar-refractivity contribution in [3.63, 3.8) is 0 Å². The van der Waals surface area contributed by atoms with Crippen molar-refractivity contribution in [1.29, 1.82) is 0 Å². The van der Waals surface area contributed by atoms with E-state index in [1.54, 1.807) is 0 Å². The van der Waals surface area contributed by atoms with Gasteiger partial charge in [0.1, 0.15) is 0 Å². The van der Waals surface area contributed by atoms with Crippen molar-refractivity contribution in [1.82, 2.24) is 5.32 Å². The number of nitrogens with one attached hydrogen (secondary N) is 1. The Labute approximate surface area is 80.7 Å². The average molecular weight is 183 g/mol. The van der Waals surface area contributed by atoms with Crippen molar-refractivity contribution >= 4 is 0 Å². The molecule has 2 heteroatoms. The highest BCUT2D eigenvalue weighted by atomic mass is 16.3. The molecule has 2 aliphatic rings. The maximum Gasteiger partial charge on any atom is 0.0741 e. The molecule has 2 N–H and O–H groups in total. The first kappa shape index (κ1) is 9.47. The van der Waals surface area contributed by atoms with Gasteiger partial charge < -0.3 is 10.4 Å². The molecule has 0 heterocycles. The van der Waals surface area contributed by atoms with Gasteiger partial charge in [-0.1, -0.05) is 0 Å². The van der Waals surface area contributed by atoms with Gasteiger partial charge in [-0.3, -0.25) is 0 Å². The summed E-state index contributed by atoms with van der Waals surface area (Å²) in [5.41, 5.74) is -0.590. The molecule has 0 aromatic carbocycles. The molecule has 4 unspecified atom stereocenters. The molecule has 76 valence electrons. The highest BCUT2D eigenvalue weighted by Gasteiger charge is 2.48. The van der Waals surface area contributed by atoms with E-state index in [1.807, 2.05) is 13.8 Å². The maximum absolute atomic E-state index is 9.78. The monoisotopic (exact) mass is 183 g/mol. The topological polar surface area (TPSA) is 32.3 Å². The zero-order valence-electron chi connectivity index (χ0n) is 8.88. The first-order valence-corrected chi connectivity index (χ1v) is 5.47. The van der Waals surface area contributed by atoms with Crippen molar-refractivity contribution in [2.45, 2.75) is 57.7 Å².